The Morgan fingerprint density at radius 3 is 2.79 bits per heavy atom. The number of hydrogen-bond donors (Lipinski definition) is 1. The van der Waals surface area contributed by atoms with Gasteiger partial charge in [-0.1, -0.05) is 11.2 Å². The van der Waals surface area contributed by atoms with Crippen LogP contribution in [0.15, 0.2) is 34.9 Å². The SMILES string of the molecule is CCOc1cccc(C(=O)N2CCC3(CC2)CC3NC(=O)Cc2cc(C)no2)c1. The molecule has 0 bridgehead atoms. The Morgan fingerprint density at radius 2 is 2.10 bits per heavy atom. The second kappa shape index (κ2) is 7.89. The molecule has 2 aliphatic rings. The van der Waals surface area contributed by atoms with Crippen LogP contribution in [0.3, 0.4) is 0 Å². The lowest BCUT2D eigenvalue weighted by Crippen LogP contribution is -2.41. The number of hydrogen-bond acceptors (Lipinski definition) is 5. The van der Waals surface area contributed by atoms with E-state index in [1.165, 1.54) is 0 Å². The number of benzene rings is 1. The smallest absolute Gasteiger partial charge is 0.253 e. The predicted molar refractivity (Wildman–Crippen MR) is 107 cm³/mol. The van der Waals surface area contributed by atoms with Crippen LogP contribution in [0.1, 0.15) is 48.0 Å². The number of aromatic nitrogens is 1. The Morgan fingerprint density at radius 1 is 1.31 bits per heavy atom. The van der Waals surface area contributed by atoms with E-state index in [0.717, 1.165) is 30.7 Å². The van der Waals surface area contributed by atoms with E-state index < -0.39 is 0 Å². The minimum Gasteiger partial charge on any atom is -0.494 e. The fraction of sp³-hybridized carbons (Fsp3) is 0.500. The Hall–Kier alpha value is -2.83. The van der Waals surface area contributed by atoms with Crippen molar-refractivity contribution < 1.29 is 18.8 Å². The van der Waals surface area contributed by atoms with E-state index in [2.05, 4.69) is 10.5 Å². The summed E-state index contributed by atoms with van der Waals surface area (Å²) < 4.78 is 10.6. The summed E-state index contributed by atoms with van der Waals surface area (Å²) >= 11 is 0. The number of carbonyl (C=O) groups is 2. The third-order valence-corrected chi connectivity index (χ3v) is 5.97. The van der Waals surface area contributed by atoms with E-state index in [-0.39, 0.29) is 29.7 Å². The van der Waals surface area contributed by atoms with Crippen molar-refractivity contribution in [3.05, 3.63) is 47.3 Å². The van der Waals surface area contributed by atoms with Crippen LogP contribution in [0.25, 0.3) is 0 Å². The van der Waals surface area contributed by atoms with Gasteiger partial charge in [-0.05, 0) is 56.7 Å². The van der Waals surface area contributed by atoms with Gasteiger partial charge in [0.05, 0.1) is 18.7 Å². The van der Waals surface area contributed by atoms with Gasteiger partial charge in [-0.2, -0.15) is 0 Å². The summed E-state index contributed by atoms with van der Waals surface area (Å²) in [7, 11) is 0. The molecule has 1 saturated heterocycles. The van der Waals surface area contributed by atoms with E-state index in [9.17, 15) is 9.59 Å². The molecule has 2 amide bonds. The maximum atomic E-state index is 12.8. The van der Waals surface area contributed by atoms with Crippen molar-refractivity contribution in [1.29, 1.82) is 0 Å². The molecule has 154 valence electrons. The number of rotatable bonds is 6. The van der Waals surface area contributed by atoms with Gasteiger partial charge in [-0.3, -0.25) is 9.59 Å². The molecule has 1 aliphatic heterocycles. The Balaban J connectivity index is 1.28. The number of amides is 2. The molecule has 0 radical (unpaired) electrons. The molecule has 7 nitrogen and oxygen atoms in total. The Bertz CT molecular complexity index is 899. The van der Waals surface area contributed by atoms with Crippen LogP contribution in [-0.2, 0) is 11.2 Å². The summed E-state index contributed by atoms with van der Waals surface area (Å²) in [4.78, 5) is 27.0. The second-order valence-electron chi connectivity index (χ2n) is 8.05. The maximum absolute atomic E-state index is 12.8. The van der Waals surface area contributed by atoms with Crippen LogP contribution < -0.4 is 10.1 Å². The third-order valence-electron chi connectivity index (χ3n) is 5.97. The van der Waals surface area contributed by atoms with Gasteiger partial charge in [0.15, 0.2) is 0 Å². The number of carbonyl (C=O) groups excluding carboxylic acids is 2. The fourth-order valence-electron chi connectivity index (χ4n) is 4.23. The monoisotopic (exact) mass is 397 g/mol. The van der Waals surface area contributed by atoms with Gasteiger partial charge in [0, 0.05) is 30.8 Å². The maximum Gasteiger partial charge on any atom is 0.253 e. The molecule has 2 fully saturated rings. The van der Waals surface area contributed by atoms with Crippen molar-refractivity contribution >= 4 is 11.8 Å². The van der Waals surface area contributed by atoms with Crippen molar-refractivity contribution in [2.75, 3.05) is 19.7 Å². The summed E-state index contributed by atoms with van der Waals surface area (Å²) in [6.45, 7) is 5.77. The second-order valence-corrected chi connectivity index (χ2v) is 8.05. The summed E-state index contributed by atoms with van der Waals surface area (Å²) in [5.41, 5.74) is 1.58. The fourth-order valence-corrected chi connectivity index (χ4v) is 4.23. The quantitative estimate of drug-likeness (QED) is 0.810. The molecule has 1 atom stereocenters. The molecule has 1 aromatic carbocycles. The predicted octanol–water partition coefficient (Wildman–Crippen LogP) is 2.74. The van der Waals surface area contributed by atoms with Crippen LogP contribution in [0, 0.1) is 12.3 Å². The van der Waals surface area contributed by atoms with E-state index >= 15 is 0 Å². The van der Waals surface area contributed by atoms with Crippen molar-refractivity contribution in [3.63, 3.8) is 0 Å². The molecule has 1 aromatic heterocycles. The lowest BCUT2D eigenvalue weighted by Gasteiger charge is -2.33. The molecule has 4 rings (SSSR count). The number of likely N-dealkylation sites (tertiary alicyclic amines) is 1. The third kappa shape index (κ3) is 4.28. The summed E-state index contributed by atoms with van der Waals surface area (Å²) in [6, 6.07) is 9.34. The van der Waals surface area contributed by atoms with Crippen LogP contribution in [0.4, 0.5) is 0 Å². The molecular weight excluding hydrogens is 370 g/mol. The topological polar surface area (TPSA) is 84.7 Å². The highest BCUT2D eigenvalue weighted by molar-refractivity contribution is 5.94. The number of nitrogens with one attached hydrogen (secondary N) is 1. The van der Waals surface area contributed by atoms with Gasteiger partial charge in [0.2, 0.25) is 5.91 Å². The van der Waals surface area contributed by atoms with Crippen LogP contribution in [0.5, 0.6) is 5.75 Å². The largest absolute Gasteiger partial charge is 0.494 e. The van der Waals surface area contributed by atoms with Gasteiger partial charge in [-0.25, -0.2) is 0 Å². The number of nitrogens with zero attached hydrogens (tertiary/aromatic N) is 2. The first-order valence-electron chi connectivity index (χ1n) is 10.2. The van der Waals surface area contributed by atoms with Gasteiger partial charge in [-0.15, -0.1) is 0 Å². The average Bonchev–Trinajstić information content (AvgIpc) is 3.18. The average molecular weight is 397 g/mol. The minimum atomic E-state index is -0.0331. The first-order valence-corrected chi connectivity index (χ1v) is 10.2. The van der Waals surface area contributed by atoms with Crippen molar-refractivity contribution in [3.8, 4) is 5.75 Å². The molecule has 1 aliphatic carbocycles. The zero-order valence-electron chi connectivity index (χ0n) is 16.9. The van der Waals surface area contributed by atoms with Gasteiger partial charge < -0.3 is 19.5 Å². The van der Waals surface area contributed by atoms with Gasteiger partial charge >= 0.3 is 0 Å². The molecule has 1 spiro atoms. The van der Waals surface area contributed by atoms with Crippen molar-refractivity contribution in [2.45, 2.75) is 45.6 Å². The van der Waals surface area contributed by atoms with E-state index in [4.69, 9.17) is 9.26 Å². The lowest BCUT2D eigenvalue weighted by molar-refractivity contribution is -0.121. The van der Waals surface area contributed by atoms with E-state index in [0.29, 0.717) is 31.0 Å². The van der Waals surface area contributed by atoms with Crippen LogP contribution in [0.2, 0.25) is 0 Å². The molecule has 1 saturated carbocycles. The summed E-state index contributed by atoms with van der Waals surface area (Å²) in [5.74, 6) is 1.32. The molecule has 1 unspecified atom stereocenters. The molecule has 7 heteroatoms. The van der Waals surface area contributed by atoms with E-state index in [1.54, 1.807) is 6.07 Å². The van der Waals surface area contributed by atoms with E-state index in [1.807, 2.05) is 43.0 Å². The minimum absolute atomic E-state index is 0.0331. The molecule has 1 N–H and O–H groups in total. The summed E-state index contributed by atoms with van der Waals surface area (Å²) in [5, 5.41) is 6.94. The normalized spacial score (nSPS) is 19.8. The number of piperidine rings is 1. The van der Waals surface area contributed by atoms with Crippen LogP contribution in [-0.4, -0.2) is 47.6 Å². The molecular formula is C22H27N3O4. The molecule has 2 heterocycles. The number of aryl methyl sites for hydroxylation is 1. The number of ether oxygens (including phenoxy) is 1. The Labute approximate surface area is 170 Å². The highest BCUT2D eigenvalue weighted by Crippen LogP contribution is 2.54. The molecule has 2 aromatic rings. The van der Waals surface area contributed by atoms with Crippen LogP contribution >= 0.6 is 0 Å². The highest BCUT2D eigenvalue weighted by Gasteiger charge is 2.55. The first-order chi connectivity index (χ1) is 14.0. The van der Waals surface area contributed by atoms with Gasteiger partial charge in [0.25, 0.3) is 5.91 Å². The zero-order valence-corrected chi connectivity index (χ0v) is 16.9. The van der Waals surface area contributed by atoms with Gasteiger partial charge in [0.1, 0.15) is 11.5 Å². The van der Waals surface area contributed by atoms with Crippen molar-refractivity contribution in [1.82, 2.24) is 15.4 Å². The Kier molecular flexibility index (Phi) is 5.30. The lowest BCUT2D eigenvalue weighted by atomic mass is 9.92. The summed E-state index contributed by atoms with van der Waals surface area (Å²) in [6.07, 6.45) is 3.02. The highest BCUT2D eigenvalue weighted by atomic mass is 16.5. The standard InChI is InChI=1S/C22H27N3O4/c1-3-28-17-6-4-5-16(12-17)21(27)25-9-7-22(8-10-25)14-19(22)23-20(26)13-18-11-15(2)24-29-18/h4-6,11-12,19H,3,7-10,13-14H2,1-2H3,(H,23,26). The first kappa shape index (κ1) is 19.5. The van der Waals surface area contributed by atoms with Crippen molar-refractivity contribution in [2.24, 2.45) is 5.41 Å². The molecule has 29 heavy (non-hydrogen) atoms. The zero-order chi connectivity index (χ0) is 20.4.